The summed E-state index contributed by atoms with van der Waals surface area (Å²) < 4.78 is 26.4. The van der Waals surface area contributed by atoms with Gasteiger partial charge in [0.05, 0.1) is 5.75 Å². The Hall–Kier alpha value is 0.160. The normalized spacial score (nSPS) is 25.6. The van der Waals surface area contributed by atoms with Crippen molar-refractivity contribution in [3.8, 4) is 0 Å². The Balaban J connectivity index is 0.00000256. The van der Waals surface area contributed by atoms with Gasteiger partial charge in [-0.25, -0.2) is 13.1 Å². The van der Waals surface area contributed by atoms with E-state index >= 15 is 0 Å². The highest BCUT2D eigenvalue weighted by atomic mass is 35.5. The van der Waals surface area contributed by atoms with Crippen LogP contribution in [0.15, 0.2) is 0 Å². The molecule has 0 saturated carbocycles. The molecule has 0 spiro atoms. The first-order chi connectivity index (χ1) is 7.41. The predicted molar refractivity (Wildman–Crippen MR) is 74.1 cm³/mol. The average molecular weight is 285 g/mol. The summed E-state index contributed by atoms with van der Waals surface area (Å²) in [6, 6.07) is 0.0610. The van der Waals surface area contributed by atoms with Crippen LogP contribution in [0.25, 0.3) is 0 Å². The summed E-state index contributed by atoms with van der Waals surface area (Å²) in [6.07, 6.45) is 1.77. The highest BCUT2D eigenvalue weighted by molar-refractivity contribution is 7.89. The van der Waals surface area contributed by atoms with Crippen molar-refractivity contribution in [1.29, 1.82) is 0 Å². The molecular formula is C11H25ClN2O2S. The highest BCUT2D eigenvalue weighted by Gasteiger charge is 2.25. The van der Waals surface area contributed by atoms with Crippen molar-refractivity contribution in [2.45, 2.75) is 39.7 Å². The second-order valence-electron chi connectivity index (χ2n) is 5.20. The lowest BCUT2D eigenvalue weighted by Crippen LogP contribution is -2.50. The standard InChI is InChI=1S/C11H24N2O2S.ClH/c1-9(2)5-7-16(14,15)13-11-8-12-6-4-10(11)3;/h9-13H,4-8H2,1-3H3;1H. The van der Waals surface area contributed by atoms with E-state index in [-0.39, 0.29) is 24.2 Å². The molecule has 0 amide bonds. The van der Waals surface area contributed by atoms with E-state index in [1.54, 1.807) is 0 Å². The number of halogens is 1. The first kappa shape index (κ1) is 17.2. The molecule has 2 atom stereocenters. The monoisotopic (exact) mass is 284 g/mol. The van der Waals surface area contributed by atoms with Crippen LogP contribution in [0, 0.1) is 11.8 Å². The molecule has 17 heavy (non-hydrogen) atoms. The first-order valence-corrected chi connectivity index (χ1v) is 7.76. The molecule has 0 aliphatic carbocycles. The lowest BCUT2D eigenvalue weighted by atomic mass is 9.96. The Bertz CT molecular complexity index is 307. The minimum Gasteiger partial charge on any atom is -0.315 e. The van der Waals surface area contributed by atoms with E-state index in [0.29, 0.717) is 11.8 Å². The van der Waals surface area contributed by atoms with Crippen LogP contribution >= 0.6 is 12.4 Å². The minimum atomic E-state index is -3.10. The van der Waals surface area contributed by atoms with E-state index in [4.69, 9.17) is 0 Å². The fraction of sp³-hybridized carbons (Fsp3) is 1.00. The van der Waals surface area contributed by atoms with Gasteiger partial charge in [0.2, 0.25) is 10.0 Å². The van der Waals surface area contributed by atoms with Crippen molar-refractivity contribution in [2.24, 2.45) is 11.8 Å². The molecule has 0 aromatic carbocycles. The van der Waals surface area contributed by atoms with Gasteiger partial charge in [-0.15, -0.1) is 12.4 Å². The molecule has 1 heterocycles. The molecule has 1 aliphatic rings. The van der Waals surface area contributed by atoms with Gasteiger partial charge in [-0.1, -0.05) is 20.8 Å². The van der Waals surface area contributed by atoms with Gasteiger partial charge in [0, 0.05) is 12.6 Å². The van der Waals surface area contributed by atoms with Gasteiger partial charge >= 0.3 is 0 Å². The summed E-state index contributed by atoms with van der Waals surface area (Å²) >= 11 is 0. The molecule has 1 fully saturated rings. The van der Waals surface area contributed by atoms with Crippen molar-refractivity contribution in [1.82, 2.24) is 10.0 Å². The Labute approximate surface area is 111 Å². The zero-order valence-electron chi connectivity index (χ0n) is 10.9. The van der Waals surface area contributed by atoms with Crippen LogP contribution < -0.4 is 10.0 Å². The molecule has 0 aromatic rings. The van der Waals surface area contributed by atoms with E-state index in [1.807, 2.05) is 13.8 Å². The van der Waals surface area contributed by atoms with Gasteiger partial charge in [0.25, 0.3) is 0 Å². The Morgan fingerprint density at radius 1 is 1.41 bits per heavy atom. The SMILES string of the molecule is CC(C)CCS(=O)(=O)NC1CNCCC1C.Cl. The summed E-state index contributed by atoms with van der Waals surface area (Å²) in [4.78, 5) is 0. The quantitative estimate of drug-likeness (QED) is 0.802. The fourth-order valence-corrected chi connectivity index (χ4v) is 3.50. The maximum absolute atomic E-state index is 11.8. The van der Waals surface area contributed by atoms with E-state index in [1.165, 1.54) is 0 Å². The lowest BCUT2D eigenvalue weighted by Gasteiger charge is -2.30. The molecule has 2 unspecified atom stereocenters. The van der Waals surface area contributed by atoms with Crippen molar-refractivity contribution in [3.63, 3.8) is 0 Å². The number of hydrogen-bond donors (Lipinski definition) is 2. The van der Waals surface area contributed by atoms with E-state index in [0.717, 1.165) is 25.9 Å². The fourth-order valence-electron chi connectivity index (χ4n) is 1.83. The summed E-state index contributed by atoms with van der Waals surface area (Å²) in [5.41, 5.74) is 0. The zero-order chi connectivity index (χ0) is 12.2. The molecular weight excluding hydrogens is 260 g/mol. The van der Waals surface area contributed by atoms with Crippen molar-refractivity contribution in [3.05, 3.63) is 0 Å². The maximum Gasteiger partial charge on any atom is 0.211 e. The molecule has 0 radical (unpaired) electrons. The number of piperidine rings is 1. The van der Waals surface area contributed by atoms with E-state index in [9.17, 15) is 8.42 Å². The van der Waals surface area contributed by atoms with Gasteiger partial charge in [-0.3, -0.25) is 0 Å². The summed E-state index contributed by atoms with van der Waals surface area (Å²) in [5.74, 6) is 1.10. The molecule has 4 nitrogen and oxygen atoms in total. The Kier molecular flexibility index (Phi) is 7.63. The molecule has 1 aliphatic heterocycles. The van der Waals surface area contributed by atoms with Gasteiger partial charge in [0.15, 0.2) is 0 Å². The third-order valence-corrected chi connectivity index (χ3v) is 4.56. The minimum absolute atomic E-state index is 0. The van der Waals surface area contributed by atoms with Crippen LogP contribution in [-0.4, -0.2) is 33.3 Å². The Morgan fingerprint density at radius 2 is 2.06 bits per heavy atom. The second kappa shape index (κ2) is 7.56. The summed E-state index contributed by atoms with van der Waals surface area (Å²) in [7, 11) is -3.10. The van der Waals surface area contributed by atoms with Crippen molar-refractivity contribution < 1.29 is 8.42 Å². The molecule has 1 rings (SSSR count). The van der Waals surface area contributed by atoms with Crippen LogP contribution in [0.2, 0.25) is 0 Å². The average Bonchev–Trinajstić information content (AvgIpc) is 2.19. The maximum atomic E-state index is 11.8. The van der Waals surface area contributed by atoms with Crippen LogP contribution in [0.5, 0.6) is 0 Å². The third-order valence-electron chi connectivity index (χ3n) is 3.12. The number of nitrogens with one attached hydrogen (secondary N) is 2. The highest BCUT2D eigenvalue weighted by Crippen LogP contribution is 2.13. The number of hydrogen-bond acceptors (Lipinski definition) is 3. The largest absolute Gasteiger partial charge is 0.315 e. The summed E-state index contributed by atoms with van der Waals surface area (Å²) in [5, 5.41) is 3.23. The third kappa shape index (κ3) is 6.60. The predicted octanol–water partition coefficient (Wildman–Crippen LogP) is 1.37. The second-order valence-corrected chi connectivity index (χ2v) is 7.07. The van der Waals surface area contributed by atoms with Crippen molar-refractivity contribution in [2.75, 3.05) is 18.8 Å². The van der Waals surface area contributed by atoms with E-state index < -0.39 is 10.0 Å². The topological polar surface area (TPSA) is 58.2 Å². The molecule has 0 bridgehead atoms. The number of sulfonamides is 1. The molecule has 104 valence electrons. The smallest absolute Gasteiger partial charge is 0.211 e. The summed E-state index contributed by atoms with van der Waals surface area (Å²) in [6.45, 7) is 7.94. The first-order valence-electron chi connectivity index (χ1n) is 6.11. The molecule has 2 N–H and O–H groups in total. The molecule has 1 saturated heterocycles. The van der Waals surface area contributed by atoms with Crippen molar-refractivity contribution >= 4 is 22.4 Å². The van der Waals surface area contributed by atoms with Crippen LogP contribution in [0.3, 0.4) is 0 Å². The Morgan fingerprint density at radius 3 is 2.59 bits per heavy atom. The van der Waals surface area contributed by atoms with Gasteiger partial charge < -0.3 is 5.32 Å². The van der Waals surface area contributed by atoms with Crippen LogP contribution in [-0.2, 0) is 10.0 Å². The van der Waals surface area contributed by atoms with Crippen LogP contribution in [0.1, 0.15) is 33.6 Å². The van der Waals surface area contributed by atoms with Gasteiger partial charge in [-0.05, 0) is 31.2 Å². The van der Waals surface area contributed by atoms with Gasteiger partial charge in [0.1, 0.15) is 0 Å². The lowest BCUT2D eigenvalue weighted by molar-refractivity contribution is 0.327. The van der Waals surface area contributed by atoms with E-state index in [2.05, 4.69) is 17.0 Å². The number of rotatable bonds is 5. The molecule has 6 heteroatoms. The van der Waals surface area contributed by atoms with Gasteiger partial charge in [-0.2, -0.15) is 0 Å². The zero-order valence-corrected chi connectivity index (χ0v) is 12.5. The molecule has 0 aromatic heterocycles. The van der Waals surface area contributed by atoms with Crippen LogP contribution in [0.4, 0.5) is 0 Å².